The van der Waals surface area contributed by atoms with Crippen molar-refractivity contribution in [3.8, 4) is 0 Å². The van der Waals surface area contributed by atoms with E-state index in [0.29, 0.717) is 6.04 Å². The normalized spacial score (nSPS) is 22.9. The number of hydrogen-bond donors (Lipinski definition) is 1. The van der Waals surface area contributed by atoms with E-state index in [2.05, 4.69) is 24.1 Å². The molecule has 2 atom stereocenters. The summed E-state index contributed by atoms with van der Waals surface area (Å²) >= 11 is 0. The Morgan fingerprint density at radius 2 is 2.10 bits per heavy atom. The van der Waals surface area contributed by atoms with Crippen LogP contribution in [0.5, 0.6) is 0 Å². The van der Waals surface area contributed by atoms with E-state index in [9.17, 15) is 4.79 Å². The summed E-state index contributed by atoms with van der Waals surface area (Å²) in [6.07, 6.45) is 2.03. The molecule has 1 aliphatic rings. The fourth-order valence-electron chi connectivity index (χ4n) is 2.82. The first-order chi connectivity index (χ1) is 9.56. The van der Waals surface area contributed by atoms with Crippen LogP contribution in [0.15, 0.2) is 12.1 Å². The minimum Gasteiger partial charge on any atom is -0.333 e. The van der Waals surface area contributed by atoms with E-state index in [4.69, 9.17) is 0 Å². The van der Waals surface area contributed by atoms with Gasteiger partial charge in [-0.3, -0.25) is 9.78 Å². The van der Waals surface area contributed by atoms with Crippen LogP contribution in [0, 0.1) is 13.8 Å². The largest absolute Gasteiger partial charge is 0.333 e. The van der Waals surface area contributed by atoms with Gasteiger partial charge in [0.05, 0.1) is 11.3 Å². The lowest BCUT2D eigenvalue weighted by molar-refractivity contribution is 0.0574. The zero-order valence-corrected chi connectivity index (χ0v) is 12.9. The smallest absolute Gasteiger partial charge is 0.256 e. The maximum absolute atomic E-state index is 12.8. The van der Waals surface area contributed by atoms with E-state index < -0.39 is 0 Å². The van der Waals surface area contributed by atoms with E-state index in [1.165, 1.54) is 0 Å². The molecule has 1 amide bonds. The van der Waals surface area contributed by atoms with Crippen molar-refractivity contribution in [3.63, 3.8) is 0 Å². The van der Waals surface area contributed by atoms with E-state index >= 15 is 0 Å². The van der Waals surface area contributed by atoms with Crippen LogP contribution in [-0.2, 0) is 0 Å². The lowest BCUT2D eigenvalue weighted by Crippen LogP contribution is -2.58. The molecule has 1 saturated heterocycles. The van der Waals surface area contributed by atoms with Crippen LogP contribution >= 0.6 is 0 Å². The lowest BCUT2D eigenvalue weighted by Gasteiger charge is -2.40. The highest BCUT2D eigenvalue weighted by molar-refractivity contribution is 5.95. The van der Waals surface area contributed by atoms with Crippen molar-refractivity contribution in [2.75, 3.05) is 13.1 Å². The molecule has 0 aromatic carbocycles. The monoisotopic (exact) mass is 275 g/mol. The summed E-state index contributed by atoms with van der Waals surface area (Å²) in [6.45, 7) is 9.85. The number of nitrogens with one attached hydrogen (secondary N) is 1. The van der Waals surface area contributed by atoms with E-state index in [1.54, 1.807) is 0 Å². The third kappa shape index (κ3) is 3.01. The summed E-state index contributed by atoms with van der Waals surface area (Å²) in [4.78, 5) is 19.3. The molecular weight excluding hydrogens is 250 g/mol. The second-order valence-electron chi connectivity index (χ2n) is 5.62. The van der Waals surface area contributed by atoms with Crippen LogP contribution in [0.1, 0.15) is 48.4 Å². The van der Waals surface area contributed by atoms with E-state index in [1.807, 2.05) is 30.9 Å². The predicted octanol–water partition coefficient (Wildman–Crippen LogP) is 2.30. The fourth-order valence-corrected chi connectivity index (χ4v) is 2.82. The van der Waals surface area contributed by atoms with Crippen LogP contribution in [0.25, 0.3) is 0 Å². The Hall–Kier alpha value is -1.42. The molecule has 0 aliphatic carbocycles. The maximum atomic E-state index is 12.8. The molecule has 1 aromatic rings. The zero-order valence-electron chi connectivity index (χ0n) is 12.9. The van der Waals surface area contributed by atoms with Gasteiger partial charge in [-0.2, -0.15) is 0 Å². The first kappa shape index (κ1) is 15.0. The zero-order chi connectivity index (χ0) is 14.7. The van der Waals surface area contributed by atoms with E-state index in [-0.39, 0.29) is 11.9 Å². The summed E-state index contributed by atoms with van der Waals surface area (Å²) in [7, 11) is 0. The minimum absolute atomic E-state index is 0.127. The van der Waals surface area contributed by atoms with Gasteiger partial charge in [0.1, 0.15) is 0 Å². The molecule has 2 unspecified atom stereocenters. The van der Waals surface area contributed by atoms with Gasteiger partial charge in [0.2, 0.25) is 0 Å². The summed E-state index contributed by atoms with van der Waals surface area (Å²) in [5.41, 5.74) is 2.53. The molecule has 2 rings (SSSR count). The number of aromatic nitrogens is 1. The number of rotatable bonds is 3. The van der Waals surface area contributed by atoms with Gasteiger partial charge in [0.25, 0.3) is 5.91 Å². The molecule has 0 saturated carbocycles. The van der Waals surface area contributed by atoms with Crippen LogP contribution in [-0.4, -0.2) is 41.0 Å². The van der Waals surface area contributed by atoms with Crippen molar-refractivity contribution in [1.29, 1.82) is 0 Å². The third-order valence-electron chi connectivity index (χ3n) is 4.18. The molecular formula is C16H25N3O. The highest BCUT2D eigenvalue weighted by Gasteiger charge is 2.30. The molecule has 1 fully saturated rings. The van der Waals surface area contributed by atoms with Gasteiger partial charge in [0, 0.05) is 30.9 Å². The van der Waals surface area contributed by atoms with Gasteiger partial charge in [-0.05, 0) is 38.8 Å². The topological polar surface area (TPSA) is 45.2 Å². The number of nitrogens with zero attached hydrogens (tertiary/aromatic N) is 2. The summed E-state index contributed by atoms with van der Waals surface area (Å²) in [5, 5.41) is 3.52. The number of carbonyl (C=O) groups excluding carboxylic acids is 1. The Balaban J connectivity index is 2.24. The van der Waals surface area contributed by atoms with Gasteiger partial charge in [-0.25, -0.2) is 0 Å². The third-order valence-corrected chi connectivity index (χ3v) is 4.18. The Morgan fingerprint density at radius 3 is 2.70 bits per heavy atom. The van der Waals surface area contributed by atoms with Crippen molar-refractivity contribution in [1.82, 2.24) is 15.2 Å². The second kappa shape index (κ2) is 6.35. The molecule has 110 valence electrons. The predicted molar refractivity (Wildman–Crippen MR) is 80.9 cm³/mol. The van der Waals surface area contributed by atoms with Crippen molar-refractivity contribution in [3.05, 3.63) is 29.1 Å². The van der Waals surface area contributed by atoms with Crippen LogP contribution in [0.4, 0.5) is 0 Å². The Morgan fingerprint density at radius 1 is 1.35 bits per heavy atom. The summed E-state index contributed by atoms with van der Waals surface area (Å²) < 4.78 is 0. The first-order valence-corrected chi connectivity index (χ1v) is 7.55. The highest BCUT2D eigenvalue weighted by Crippen LogP contribution is 2.17. The Kier molecular flexibility index (Phi) is 4.76. The molecule has 0 spiro atoms. The molecule has 4 nitrogen and oxygen atoms in total. The van der Waals surface area contributed by atoms with Gasteiger partial charge >= 0.3 is 0 Å². The average molecular weight is 275 g/mol. The fraction of sp³-hybridized carbons (Fsp3) is 0.625. The molecule has 0 radical (unpaired) electrons. The molecule has 2 heterocycles. The Labute approximate surface area is 121 Å². The highest BCUT2D eigenvalue weighted by atomic mass is 16.2. The van der Waals surface area contributed by atoms with Gasteiger partial charge in [-0.1, -0.05) is 13.8 Å². The number of piperazine rings is 1. The SMILES string of the molecule is CCC1CN(C(=O)c2ccc(C)nc2C)C(CC)CN1. The van der Waals surface area contributed by atoms with Crippen molar-refractivity contribution >= 4 is 5.91 Å². The number of pyridine rings is 1. The van der Waals surface area contributed by atoms with Crippen molar-refractivity contribution in [2.45, 2.75) is 52.6 Å². The minimum atomic E-state index is 0.127. The number of amides is 1. The standard InChI is InChI=1S/C16H25N3O/c1-5-13-10-19(14(6-2)9-17-13)16(20)15-8-7-11(3)18-12(15)4/h7-8,13-14,17H,5-6,9-10H2,1-4H3. The number of aryl methyl sites for hydroxylation is 2. The average Bonchev–Trinajstić information content (AvgIpc) is 2.46. The lowest BCUT2D eigenvalue weighted by atomic mass is 10.0. The second-order valence-corrected chi connectivity index (χ2v) is 5.62. The quantitative estimate of drug-likeness (QED) is 0.920. The van der Waals surface area contributed by atoms with Crippen LogP contribution < -0.4 is 5.32 Å². The summed E-state index contributed by atoms with van der Waals surface area (Å²) in [5.74, 6) is 0.127. The molecule has 20 heavy (non-hydrogen) atoms. The molecule has 1 aromatic heterocycles. The van der Waals surface area contributed by atoms with E-state index in [0.717, 1.165) is 42.9 Å². The maximum Gasteiger partial charge on any atom is 0.256 e. The first-order valence-electron chi connectivity index (χ1n) is 7.55. The molecule has 4 heteroatoms. The van der Waals surface area contributed by atoms with Gasteiger partial charge < -0.3 is 10.2 Å². The molecule has 1 N–H and O–H groups in total. The molecule has 1 aliphatic heterocycles. The number of carbonyl (C=O) groups is 1. The van der Waals surface area contributed by atoms with Crippen molar-refractivity contribution in [2.24, 2.45) is 0 Å². The van der Waals surface area contributed by atoms with Crippen molar-refractivity contribution < 1.29 is 4.79 Å². The summed E-state index contributed by atoms with van der Waals surface area (Å²) in [6, 6.07) is 4.52. The number of hydrogen-bond acceptors (Lipinski definition) is 3. The van der Waals surface area contributed by atoms with Crippen LogP contribution in [0.2, 0.25) is 0 Å². The Bertz CT molecular complexity index is 487. The van der Waals surface area contributed by atoms with Gasteiger partial charge in [-0.15, -0.1) is 0 Å². The van der Waals surface area contributed by atoms with Crippen LogP contribution in [0.3, 0.4) is 0 Å². The molecule has 0 bridgehead atoms. The van der Waals surface area contributed by atoms with Gasteiger partial charge in [0.15, 0.2) is 0 Å².